The van der Waals surface area contributed by atoms with Crippen LogP contribution < -0.4 is 0 Å². The van der Waals surface area contributed by atoms with E-state index in [0.29, 0.717) is 48.2 Å². The number of carbonyl (C=O) groups is 1. The summed E-state index contributed by atoms with van der Waals surface area (Å²) in [5.74, 6) is -2.04. The van der Waals surface area contributed by atoms with Crippen molar-refractivity contribution in [1.82, 2.24) is 0 Å². The van der Waals surface area contributed by atoms with E-state index in [9.17, 15) is 40.3 Å². The van der Waals surface area contributed by atoms with Crippen LogP contribution in [0, 0.1) is 40.4 Å². The molecule has 268 valence electrons. The average Bonchev–Trinajstić information content (AvgIpc) is 3.26. The van der Waals surface area contributed by atoms with Crippen molar-refractivity contribution in [3.8, 4) is 0 Å². The van der Waals surface area contributed by atoms with Crippen molar-refractivity contribution in [2.75, 3.05) is 11.5 Å². The fraction of sp³-hybridized carbons (Fsp3) is 0.972. The highest BCUT2D eigenvalue weighted by Gasteiger charge is 2.62. The van der Waals surface area contributed by atoms with Gasteiger partial charge >= 0.3 is 12.1 Å². The zero-order chi connectivity index (χ0) is 33.8. The molecule has 4 rings (SSSR count). The fourth-order valence-corrected chi connectivity index (χ4v) is 12.0. The standard InChI is InChI=1S/C36H59F5O4S/c1-33-21-19-28(42)24-27(33)15-16-29-30-17-18-31(43)34(30,2)25-26(32(29)33)14-11-9-7-5-3-4-6-8-10-12-22-46(44,45)23-13-20-35(37,38)36(39,40)41/h26-27,29-32,43H,3-25H2,1-2H3/t26-,27-,29-,30-,31-,32-,33-,34-/m0/s1. The van der Waals surface area contributed by atoms with E-state index >= 15 is 0 Å². The van der Waals surface area contributed by atoms with Gasteiger partial charge in [-0.15, -0.1) is 0 Å². The van der Waals surface area contributed by atoms with E-state index in [1.807, 2.05) is 0 Å². The summed E-state index contributed by atoms with van der Waals surface area (Å²) in [4.78, 5) is 12.4. The van der Waals surface area contributed by atoms with Crippen LogP contribution in [0.3, 0.4) is 0 Å². The molecule has 4 aliphatic rings. The Balaban J connectivity index is 1.10. The number of aliphatic hydroxyl groups excluding tert-OH is 1. The highest BCUT2D eigenvalue weighted by atomic mass is 32.2. The molecule has 0 unspecified atom stereocenters. The smallest absolute Gasteiger partial charge is 0.393 e. The number of hydrogen-bond acceptors (Lipinski definition) is 4. The molecule has 0 aromatic heterocycles. The van der Waals surface area contributed by atoms with Gasteiger partial charge in [0.2, 0.25) is 0 Å². The molecule has 0 amide bonds. The summed E-state index contributed by atoms with van der Waals surface area (Å²) in [7, 11) is -3.62. The Bertz CT molecular complexity index is 1110. The number of sulfone groups is 1. The van der Waals surface area contributed by atoms with Crippen LogP contribution in [-0.2, 0) is 14.6 Å². The molecule has 4 saturated carbocycles. The van der Waals surface area contributed by atoms with Gasteiger partial charge in [-0.2, -0.15) is 22.0 Å². The van der Waals surface area contributed by atoms with Crippen molar-refractivity contribution in [2.24, 2.45) is 40.4 Å². The molecule has 0 aromatic carbocycles. The molecule has 0 bridgehead atoms. The molecule has 0 spiro atoms. The van der Waals surface area contributed by atoms with Crippen LogP contribution in [0.15, 0.2) is 0 Å². The molecule has 1 N–H and O–H groups in total. The van der Waals surface area contributed by atoms with Crippen molar-refractivity contribution < 1.29 is 40.3 Å². The van der Waals surface area contributed by atoms with Crippen LogP contribution in [0.2, 0.25) is 0 Å². The number of fused-ring (bicyclic) bond motifs is 5. The second-order valence-electron chi connectivity index (χ2n) is 16.2. The summed E-state index contributed by atoms with van der Waals surface area (Å²) in [6.45, 7) is 4.87. The Kier molecular flexibility index (Phi) is 12.7. The van der Waals surface area contributed by atoms with Gasteiger partial charge < -0.3 is 5.11 Å². The van der Waals surface area contributed by atoms with Gasteiger partial charge in [-0.25, -0.2) is 8.42 Å². The lowest BCUT2D eigenvalue weighted by molar-refractivity contribution is -0.284. The highest BCUT2D eigenvalue weighted by Crippen LogP contribution is 2.68. The minimum absolute atomic E-state index is 0.0398. The molecule has 4 aliphatic carbocycles. The van der Waals surface area contributed by atoms with E-state index in [1.165, 1.54) is 44.9 Å². The maximum absolute atomic E-state index is 13.0. The SMILES string of the molecule is C[C@]12CCC(=O)C[C@@H]1CC[C@@H]1[C@@H]2[C@@H](CCCCCCCCCCCCS(=O)(=O)CCCC(F)(F)C(F)(F)F)C[C@]2(C)[C@@H](O)CC[C@@H]12. The second-order valence-corrected chi connectivity index (χ2v) is 18.5. The zero-order valence-corrected chi connectivity index (χ0v) is 29.0. The molecule has 0 radical (unpaired) electrons. The third-order valence-corrected chi connectivity index (χ3v) is 15.0. The largest absolute Gasteiger partial charge is 0.453 e. The van der Waals surface area contributed by atoms with Crippen molar-refractivity contribution in [3.63, 3.8) is 0 Å². The molecule has 0 aromatic rings. The van der Waals surface area contributed by atoms with Crippen LogP contribution in [0.4, 0.5) is 22.0 Å². The number of aliphatic hydroxyl groups is 1. The molecule has 0 heterocycles. The van der Waals surface area contributed by atoms with Crippen molar-refractivity contribution >= 4 is 15.6 Å². The number of Topliss-reactive ketones (excluding diaryl/α,β-unsaturated/α-hetero) is 1. The van der Waals surface area contributed by atoms with E-state index in [1.54, 1.807) is 0 Å². The maximum atomic E-state index is 13.0. The number of alkyl halides is 5. The number of hydrogen-bond donors (Lipinski definition) is 1. The number of halogens is 5. The molecule has 0 saturated heterocycles. The Morgan fingerprint density at radius 1 is 0.783 bits per heavy atom. The quantitative estimate of drug-likeness (QED) is 0.123. The first-order valence-corrected chi connectivity index (χ1v) is 20.2. The van der Waals surface area contributed by atoms with Gasteiger partial charge in [0.15, 0.2) is 0 Å². The number of rotatable bonds is 17. The third kappa shape index (κ3) is 8.87. The Morgan fingerprint density at radius 2 is 1.37 bits per heavy atom. The third-order valence-electron chi connectivity index (χ3n) is 13.1. The first-order chi connectivity index (χ1) is 21.5. The summed E-state index contributed by atoms with van der Waals surface area (Å²) in [5, 5.41) is 11.1. The Morgan fingerprint density at radius 3 is 2.00 bits per heavy atom. The van der Waals surface area contributed by atoms with Gasteiger partial charge in [0, 0.05) is 19.3 Å². The molecule has 46 heavy (non-hydrogen) atoms. The molecule has 0 aliphatic heterocycles. The zero-order valence-electron chi connectivity index (χ0n) is 28.2. The summed E-state index contributed by atoms with van der Waals surface area (Å²) >= 11 is 0. The highest BCUT2D eigenvalue weighted by molar-refractivity contribution is 7.91. The summed E-state index contributed by atoms with van der Waals surface area (Å²) in [5.41, 5.74) is 0.299. The normalized spacial score (nSPS) is 35.1. The van der Waals surface area contributed by atoms with Crippen LogP contribution in [-0.4, -0.2) is 49.0 Å². The lowest BCUT2D eigenvalue weighted by Gasteiger charge is -2.62. The van der Waals surface area contributed by atoms with E-state index in [2.05, 4.69) is 13.8 Å². The first-order valence-electron chi connectivity index (χ1n) is 18.3. The minimum Gasteiger partial charge on any atom is -0.393 e. The van der Waals surface area contributed by atoms with E-state index in [4.69, 9.17) is 0 Å². The minimum atomic E-state index is -5.64. The van der Waals surface area contributed by atoms with Crippen molar-refractivity contribution in [3.05, 3.63) is 0 Å². The van der Waals surface area contributed by atoms with Crippen molar-refractivity contribution in [1.29, 1.82) is 0 Å². The van der Waals surface area contributed by atoms with Gasteiger partial charge in [-0.1, -0.05) is 78.1 Å². The predicted molar refractivity (Wildman–Crippen MR) is 171 cm³/mol. The van der Waals surface area contributed by atoms with Gasteiger partial charge in [-0.05, 0) is 91.8 Å². The van der Waals surface area contributed by atoms with Crippen LogP contribution >= 0.6 is 0 Å². The maximum Gasteiger partial charge on any atom is 0.453 e. The average molecular weight is 683 g/mol. The van der Waals surface area contributed by atoms with E-state index in [-0.39, 0.29) is 22.7 Å². The number of ketones is 1. The van der Waals surface area contributed by atoms with Crippen molar-refractivity contribution in [2.45, 2.75) is 167 Å². The first kappa shape index (κ1) is 38.0. The lowest BCUT2D eigenvalue weighted by Crippen LogP contribution is -2.57. The van der Waals surface area contributed by atoms with Crippen LogP contribution in [0.1, 0.15) is 149 Å². The van der Waals surface area contributed by atoms with E-state index < -0.39 is 40.5 Å². The van der Waals surface area contributed by atoms with Gasteiger partial charge in [0.25, 0.3) is 0 Å². The fourth-order valence-electron chi connectivity index (χ4n) is 10.6. The Labute approximate surface area is 274 Å². The summed E-state index contributed by atoms with van der Waals surface area (Å²) < 4.78 is 86.7. The molecular weight excluding hydrogens is 623 g/mol. The number of carbonyl (C=O) groups excluding carboxylic acids is 1. The molecule has 8 atom stereocenters. The molecule has 4 nitrogen and oxygen atoms in total. The molecular formula is C36H59F5O4S. The van der Waals surface area contributed by atoms with Gasteiger partial charge in [0.1, 0.15) is 15.6 Å². The monoisotopic (exact) mass is 682 g/mol. The van der Waals surface area contributed by atoms with E-state index in [0.717, 1.165) is 64.2 Å². The van der Waals surface area contributed by atoms with Gasteiger partial charge in [-0.3, -0.25) is 4.79 Å². The summed E-state index contributed by atoms with van der Waals surface area (Å²) in [6.07, 6.45) is 11.4. The Hall–Kier alpha value is -0.770. The van der Waals surface area contributed by atoms with Crippen LogP contribution in [0.5, 0.6) is 0 Å². The summed E-state index contributed by atoms with van der Waals surface area (Å²) in [6, 6.07) is 0. The predicted octanol–water partition coefficient (Wildman–Crippen LogP) is 9.87. The lowest BCUT2D eigenvalue weighted by atomic mass is 9.42. The molecule has 4 fully saturated rings. The second kappa shape index (κ2) is 15.4. The molecule has 10 heteroatoms. The van der Waals surface area contributed by atoms with Crippen LogP contribution in [0.25, 0.3) is 0 Å². The number of unbranched alkanes of at least 4 members (excludes halogenated alkanes) is 9. The topological polar surface area (TPSA) is 71.4 Å². The van der Waals surface area contributed by atoms with Gasteiger partial charge in [0.05, 0.1) is 17.6 Å².